The molecule has 5 rings (SSSR count). The van der Waals surface area contributed by atoms with Crippen LogP contribution in [-0.4, -0.2) is 66.2 Å². The van der Waals surface area contributed by atoms with Gasteiger partial charge in [-0.05, 0) is 80.3 Å². The molecule has 4 unspecified atom stereocenters. The van der Waals surface area contributed by atoms with Gasteiger partial charge in [0.2, 0.25) is 0 Å². The quantitative estimate of drug-likeness (QED) is 0.567. The number of hydrogen-bond acceptors (Lipinski definition) is 4. The van der Waals surface area contributed by atoms with Crippen molar-refractivity contribution in [2.75, 3.05) is 33.3 Å². The molecule has 0 spiro atoms. The van der Waals surface area contributed by atoms with Crippen molar-refractivity contribution in [2.45, 2.75) is 63.5 Å². The summed E-state index contributed by atoms with van der Waals surface area (Å²) in [5.74, 6) is 2.28. The van der Waals surface area contributed by atoms with Crippen LogP contribution in [-0.2, 0) is 5.41 Å². The first-order chi connectivity index (χ1) is 17.4. The van der Waals surface area contributed by atoms with Crippen molar-refractivity contribution in [3.05, 3.63) is 65.7 Å². The number of rotatable bonds is 8. The van der Waals surface area contributed by atoms with Crippen LogP contribution in [0.4, 0.5) is 0 Å². The van der Waals surface area contributed by atoms with Gasteiger partial charge in [-0.25, -0.2) is 0 Å². The van der Waals surface area contributed by atoms with E-state index >= 15 is 0 Å². The molecule has 2 aromatic carbocycles. The topological polar surface area (TPSA) is 53.0 Å². The van der Waals surface area contributed by atoms with Gasteiger partial charge in [0.1, 0.15) is 5.75 Å². The molecular formula is C31H42N2O3. The first-order valence-corrected chi connectivity index (χ1v) is 13.8. The summed E-state index contributed by atoms with van der Waals surface area (Å²) in [4.78, 5) is 18.4. The summed E-state index contributed by atoms with van der Waals surface area (Å²) in [6.07, 6.45) is 4.76. The van der Waals surface area contributed by atoms with Gasteiger partial charge in [-0.2, -0.15) is 0 Å². The highest BCUT2D eigenvalue weighted by Crippen LogP contribution is 2.51. The van der Waals surface area contributed by atoms with Crippen LogP contribution in [0.1, 0.15) is 61.9 Å². The molecule has 3 fully saturated rings. The fourth-order valence-corrected chi connectivity index (χ4v) is 6.79. The van der Waals surface area contributed by atoms with Gasteiger partial charge in [0.05, 0.1) is 13.2 Å². The Kier molecular flexibility index (Phi) is 7.41. The summed E-state index contributed by atoms with van der Waals surface area (Å²) in [6, 6.07) is 18.1. The predicted octanol–water partition coefficient (Wildman–Crippen LogP) is 4.99. The second-order valence-electron chi connectivity index (χ2n) is 11.8. The molecule has 194 valence electrons. The number of aliphatic hydroxyl groups excluding tert-OH is 1. The number of benzene rings is 2. The van der Waals surface area contributed by atoms with Gasteiger partial charge in [0.25, 0.3) is 5.91 Å². The first-order valence-electron chi connectivity index (χ1n) is 13.8. The van der Waals surface area contributed by atoms with Crippen molar-refractivity contribution in [1.82, 2.24) is 9.80 Å². The van der Waals surface area contributed by atoms with Gasteiger partial charge in [-0.1, -0.05) is 44.2 Å². The average Bonchev–Trinajstić information content (AvgIpc) is 3.71. The molecule has 0 radical (unpaired) electrons. The highest BCUT2D eigenvalue weighted by Gasteiger charge is 2.53. The zero-order valence-corrected chi connectivity index (χ0v) is 22.1. The van der Waals surface area contributed by atoms with Crippen molar-refractivity contribution in [3.63, 3.8) is 0 Å². The second-order valence-corrected chi connectivity index (χ2v) is 11.8. The fourth-order valence-electron chi connectivity index (χ4n) is 6.79. The Bertz CT molecular complexity index is 1040. The van der Waals surface area contributed by atoms with E-state index in [9.17, 15) is 9.90 Å². The molecule has 2 aromatic rings. The lowest BCUT2D eigenvalue weighted by molar-refractivity contribution is -0.0655. The van der Waals surface area contributed by atoms with Crippen LogP contribution in [0.5, 0.6) is 5.75 Å². The molecule has 1 heterocycles. The van der Waals surface area contributed by atoms with E-state index in [1.165, 1.54) is 18.4 Å². The van der Waals surface area contributed by atoms with E-state index in [-0.39, 0.29) is 23.3 Å². The van der Waals surface area contributed by atoms with E-state index in [1.54, 1.807) is 7.11 Å². The molecule has 1 amide bonds. The lowest BCUT2D eigenvalue weighted by Crippen LogP contribution is -2.61. The number of nitrogens with zero attached hydrogens (tertiary/aromatic N) is 2. The molecule has 2 aliphatic carbocycles. The van der Waals surface area contributed by atoms with Crippen LogP contribution < -0.4 is 4.74 Å². The van der Waals surface area contributed by atoms with Crippen LogP contribution in [0, 0.1) is 17.8 Å². The van der Waals surface area contributed by atoms with Gasteiger partial charge >= 0.3 is 0 Å². The molecule has 1 aliphatic heterocycles. The Labute approximate surface area is 216 Å². The molecule has 5 heteroatoms. The molecule has 0 aromatic heterocycles. The van der Waals surface area contributed by atoms with Gasteiger partial charge in [0.15, 0.2) is 0 Å². The Morgan fingerprint density at radius 3 is 2.64 bits per heavy atom. The fraction of sp³-hybridized carbons (Fsp3) is 0.581. The zero-order chi connectivity index (χ0) is 25.3. The predicted molar refractivity (Wildman–Crippen MR) is 143 cm³/mol. The number of piperidine rings is 1. The number of hydrogen-bond donors (Lipinski definition) is 1. The molecule has 2 saturated carbocycles. The number of amides is 1. The van der Waals surface area contributed by atoms with E-state index < -0.39 is 6.10 Å². The van der Waals surface area contributed by atoms with Gasteiger partial charge in [0, 0.05) is 42.6 Å². The SMILES string of the molecule is COc1cccc(C23CCN(CC4CC4)CC2C(O)CC(N(CC(C)C)C(=O)c2ccccc2)C3)c1. The van der Waals surface area contributed by atoms with Crippen molar-refractivity contribution in [2.24, 2.45) is 17.8 Å². The summed E-state index contributed by atoms with van der Waals surface area (Å²) in [6.45, 7) is 8.16. The van der Waals surface area contributed by atoms with Crippen molar-refractivity contribution in [3.8, 4) is 5.75 Å². The number of aliphatic hydroxyl groups is 1. The summed E-state index contributed by atoms with van der Waals surface area (Å²) < 4.78 is 5.62. The number of likely N-dealkylation sites (tertiary alicyclic amines) is 1. The average molecular weight is 491 g/mol. The third-order valence-electron chi connectivity index (χ3n) is 8.76. The summed E-state index contributed by atoms with van der Waals surface area (Å²) in [5, 5.41) is 11.7. The van der Waals surface area contributed by atoms with Crippen LogP contribution in [0.3, 0.4) is 0 Å². The molecule has 0 bridgehead atoms. The largest absolute Gasteiger partial charge is 0.497 e. The molecule has 1 saturated heterocycles. The van der Waals surface area contributed by atoms with Crippen molar-refractivity contribution >= 4 is 5.91 Å². The van der Waals surface area contributed by atoms with E-state index in [0.29, 0.717) is 18.9 Å². The number of methoxy groups -OCH3 is 1. The maximum atomic E-state index is 13.8. The Morgan fingerprint density at radius 1 is 1.17 bits per heavy atom. The minimum absolute atomic E-state index is 0.00691. The van der Waals surface area contributed by atoms with E-state index in [0.717, 1.165) is 49.7 Å². The minimum atomic E-state index is -0.449. The van der Waals surface area contributed by atoms with E-state index in [2.05, 4.69) is 41.8 Å². The molecule has 1 N–H and O–H groups in total. The molecule has 5 nitrogen and oxygen atoms in total. The number of fused-ring (bicyclic) bond motifs is 1. The van der Waals surface area contributed by atoms with Crippen LogP contribution in [0.2, 0.25) is 0 Å². The monoisotopic (exact) mass is 490 g/mol. The van der Waals surface area contributed by atoms with Crippen LogP contribution >= 0.6 is 0 Å². The molecule has 3 aliphatic rings. The lowest BCUT2D eigenvalue weighted by atomic mass is 9.56. The van der Waals surface area contributed by atoms with Gasteiger partial charge < -0.3 is 19.6 Å². The van der Waals surface area contributed by atoms with Crippen molar-refractivity contribution < 1.29 is 14.6 Å². The highest BCUT2D eigenvalue weighted by atomic mass is 16.5. The smallest absolute Gasteiger partial charge is 0.254 e. The highest BCUT2D eigenvalue weighted by molar-refractivity contribution is 5.94. The maximum absolute atomic E-state index is 13.8. The van der Waals surface area contributed by atoms with Crippen molar-refractivity contribution in [1.29, 1.82) is 0 Å². The van der Waals surface area contributed by atoms with Crippen LogP contribution in [0.25, 0.3) is 0 Å². The normalized spacial score (nSPS) is 28.5. The van der Waals surface area contributed by atoms with Gasteiger partial charge in [-0.15, -0.1) is 0 Å². The minimum Gasteiger partial charge on any atom is -0.497 e. The first kappa shape index (κ1) is 25.3. The Balaban J connectivity index is 1.50. The number of carbonyl (C=O) groups is 1. The van der Waals surface area contributed by atoms with Gasteiger partial charge in [-0.3, -0.25) is 4.79 Å². The Morgan fingerprint density at radius 2 is 1.94 bits per heavy atom. The third-order valence-corrected chi connectivity index (χ3v) is 8.76. The van der Waals surface area contributed by atoms with E-state index in [4.69, 9.17) is 4.74 Å². The summed E-state index contributed by atoms with van der Waals surface area (Å²) in [5.41, 5.74) is 1.80. The lowest BCUT2D eigenvalue weighted by Gasteiger charge is -2.56. The van der Waals surface area contributed by atoms with Crippen LogP contribution in [0.15, 0.2) is 54.6 Å². The molecular weight excluding hydrogens is 448 g/mol. The zero-order valence-electron chi connectivity index (χ0n) is 22.1. The molecule has 36 heavy (non-hydrogen) atoms. The standard InChI is InChI=1S/C31H42N2O3/c1-22(2)19-33(30(35)24-8-5-4-6-9-24)26-17-29(34)28-21-32(20-23-12-13-23)15-14-31(28,18-26)25-10-7-11-27(16-25)36-3/h4-11,16,22-23,26,28-29,34H,12-15,17-21H2,1-3H3. The number of ether oxygens (including phenoxy) is 1. The molecule has 4 atom stereocenters. The summed E-state index contributed by atoms with van der Waals surface area (Å²) >= 11 is 0. The summed E-state index contributed by atoms with van der Waals surface area (Å²) in [7, 11) is 1.72. The maximum Gasteiger partial charge on any atom is 0.254 e. The van der Waals surface area contributed by atoms with E-state index in [1.807, 2.05) is 36.4 Å². The third kappa shape index (κ3) is 5.19. The Hall–Kier alpha value is -2.37. The second kappa shape index (κ2) is 10.5. The number of carbonyl (C=O) groups excluding carboxylic acids is 1.